The van der Waals surface area contributed by atoms with Crippen LogP contribution in [0.25, 0.3) is 32.8 Å². The summed E-state index contributed by atoms with van der Waals surface area (Å²) >= 11 is 3.12. The van der Waals surface area contributed by atoms with Crippen LogP contribution in [0.15, 0.2) is 110 Å². The number of H-pyrrole nitrogens is 4. The zero-order valence-corrected chi connectivity index (χ0v) is 57.3. The number of thioether (sulfide) groups is 2. The summed E-state index contributed by atoms with van der Waals surface area (Å²) in [5, 5.41) is 33.4. The number of nitrogens with two attached hydrogens (primary N) is 1. The zero-order chi connectivity index (χ0) is 71.7. The molecule has 27 nitrogen and oxygen atoms in total. The van der Waals surface area contributed by atoms with Crippen LogP contribution in [0.4, 0.5) is 8.78 Å². The fraction of sp³-hybridized carbons (Fsp3) is 0.400. The molecule has 7 heterocycles. The van der Waals surface area contributed by atoms with Crippen LogP contribution in [0.3, 0.4) is 0 Å². The van der Waals surface area contributed by atoms with Crippen LogP contribution in [-0.4, -0.2) is 178 Å². The molecule has 0 spiro atoms. The number of aromatic amines is 4. The average molecular weight is 1430 g/mol. The lowest BCUT2D eigenvalue weighted by Gasteiger charge is -2.36. The Balaban J connectivity index is 0.984. The minimum atomic E-state index is -2.01. The molecular formula is C70H82F2N16O11S2. The van der Waals surface area contributed by atoms with E-state index in [0.717, 1.165) is 11.1 Å². The van der Waals surface area contributed by atoms with Gasteiger partial charge in [-0.05, 0) is 129 Å². The predicted octanol–water partition coefficient (Wildman–Crippen LogP) is 3.88. The molecule has 0 aliphatic carbocycles. The van der Waals surface area contributed by atoms with Crippen molar-refractivity contribution >= 4 is 115 Å². The van der Waals surface area contributed by atoms with E-state index in [2.05, 4.69) is 78.5 Å². The third-order valence-corrected chi connectivity index (χ3v) is 20.1. The number of benzene rings is 3. The van der Waals surface area contributed by atoms with Gasteiger partial charge < -0.3 is 78.2 Å². The molecule has 1 saturated heterocycles. The van der Waals surface area contributed by atoms with Crippen molar-refractivity contribution in [2.24, 2.45) is 5.73 Å². The summed E-state index contributed by atoms with van der Waals surface area (Å²) in [6.07, 6.45) is 8.46. The topological polar surface area (TPSA) is 405 Å². The normalized spacial score (nSPS) is 22.8. The molecule has 2 aliphatic rings. The maximum Gasteiger partial charge on any atom is 0.305 e. The van der Waals surface area contributed by atoms with Crippen molar-refractivity contribution in [1.82, 2.24) is 77.3 Å². The first kappa shape index (κ1) is 73.6. The summed E-state index contributed by atoms with van der Waals surface area (Å²) in [6.45, 7) is 3.76. The Morgan fingerprint density at radius 2 is 1.21 bits per heavy atom. The van der Waals surface area contributed by atoms with Gasteiger partial charge in [-0.15, -0.1) is 0 Å². The number of amides is 9. The molecule has 2 aliphatic heterocycles. The van der Waals surface area contributed by atoms with Gasteiger partial charge in [-0.25, -0.2) is 18.7 Å². The molecular weight excluding hydrogens is 1340 g/mol. The molecule has 9 amide bonds. The summed E-state index contributed by atoms with van der Waals surface area (Å²) in [4.78, 5) is 167. The Kier molecular flexibility index (Phi) is 25.0. The number of unbranched alkanes of at least 4 members (excludes halogenated alkanes) is 1. The first-order valence-corrected chi connectivity index (χ1v) is 35.7. The fourth-order valence-corrected chi connectivity index (χ4v) is 14.3. The van der Waals surface area contributed by atoms with Gasteiger partial charge in [-0.2, -0.15) is 23.5 Å². The van der Waals surface area contributed by atoms with Crippen molar-refractivity contribution in [2.75, 3.05) is 31.1 Å². The molecule has 10 rings (SSSR count). The van der Waals surface area contributed by atoms with Gasteiger partial charge in [0, 0.05) is 132 Å². The Labute approximate surface area is 587 Å². The number of nitrogens with zero attached hydrogens (tertiary/aromatic N) is 3. The lowest BCUT2D eigenvalue weighted by Crippen LogP contribution is -2.62. The molecule has 31 heteroatoms. The second kappa shape index (κ2) is 34.3. The average Bonchev–Trinajstić information content (AvgIpc) is 1.66. The highest BCUT2D eigenvalue weighted by Crippen LogP contribution is 2.32. The maximum absolute atomic E-state index is 15.3. The number of hydrogen-bond donors (Lipinski definition) is 14. The van der Waals surface area contributed by atoms with Gasteiger partial charge in [0.15, 0.2) is 0 Å². The number of imidazole rings is 1. The summed E-state index contributed by atoms with van der Waals surface area (Å²) in [6, 6.07) is 8.31. The zero-order valence-electron chi connectivity index (χ0n) is 55.7. The highest BCUT2D eigenvalue weighted by atomic mass is 32.2. The largest absolute Gasteiger partial charge is 0.481 e. The lowest BCUT2D eigenvalue weighted by atomic mass is 9.95. The number of halogens is 2. The van der Waals surface area contributed by atoms with Crippen LogP contribution < -0.4 is 48.3 Å². The highest BCUT2D eigenvalue weighted by molar-refractivity contribution is 7.98. The molecule has 101 heavy (non-hydrogen) atoms. The summed E-state index contributed by atoms with van der Waals surface area (Å²) in [5.74, 6) is -8.11. The Morgan fingerprint density at radius 3 is 1.84 bits per heavy atom. The van der Waals surface area contributed by atoms with E-state index in [1.165, 1.54) is 84.9 Å². The Bertz CT molecular complexity index is 4320. The third kappa shape index (κ3) is 19.2. The van der Waals surface area contributed by atoms with E-state index in [1.54, 1.807) is 43.2 Å². The number of aliphatic carboxylic acids is 1. The molecule has 8 atom stereocenters. The molecule has 2 bridgehead atoms. The maximum atomic E-state index is 15.3. The second-order valence-electron chi connectivity index (χ2n) is 25.5. The monoisotopic (exact) mass is 1420 g/mol. The van der Waals surface area contributed by atoms with Crippen LogP contribution in [0, 0.1) is 11.6 Å². The molecule has 1 fully saturated rings. The van der Waals surface area contributed by atoms with E-state index in [1.807, 2.05) is 18.2 Å². The van der Waals surface area contributed by atoms with Gasteiger partial charge >= 0.3 is 5.97 Å². The molecule has 5 aromatic heterocycles. The van der Waals surface area contributed by atoms with E-state index in [4.69, 9.17) is 5.73 Å². The van der Waals surface area contributed by atoms with Crippen LogP contribution in [0.1, 0.15) is 92.3 Å². The Hall–Kier alpha value is -10.1. The van der Waals surface area contributed by atoms with E-state index in [9.17, 15) is 38.3 Å². The van der Waals surface area contributed by atoms with Crippen molar-refractivity contribution in [1.29, 1.82) is 0 Å². The van der Waals surface area contributed by atoms with Crippen molar-refractivity contribution in [3.05, 3.63) is 155 Å². The molecule has 15 N–H and O–H groups in total. The number of carbonyl (C=O) groups is 10. The predicted molar refractivity (Wildman–Crippen MR) is 376 cm³/mol. The second-order valence-corrected chi connectivity index (χ2v) is 27.7. The van der Waals surface area contributed by atoms with Crippen LogP contribution in [0.5, 0.6) is 0 Å². The first-order valence-electron chi connectivity index (χ1n) is 33.4. The Morgan fingerprint density at radius 1 is 0.634 bits per heavy atom. The van der Waals surface area contributed by atoms with E-state index in [-0.39, 0.29) is 56.1 Å². The number of pyridine rings is 1. The van der Waals surface area contributed by atoms with E-state index >= 15 is 23.6 Å². The van der Waals surface area contributed by atoms with Crippen molar-refractivity contribution in [3.8, 4) is 0 Å². The number of rotatable bonds is 14. The standard InChI is InChI=1S/C70H82F2N16O11S2/c1-39-62(92)83-54(25-43-32-77-51-14-12-45(71)28-49(43)51)64(94)84-55(26-44-33-78-52-15-13-46(72)29-50(44)52)65(95)86-57(31-60(90)91)67(97)85-56(30-47-35-74-38-80-47)66(96)87-58(27-42-34-79-61-48(42)10-6-19-75-61)68(98)88-21-7-17-70(88,2)69(99)76-20-23-101-37-41-9-5-8-40(24-41)36-100-22-16-59(89)82-53(63(93)81-39)11-3-4-18-73/h5-6,8-10,12-15,19,24,28-29,32-35,38-39,53-58,77-78H,3-4,7,11,16-18,20-23,25-27,30-31,36-37,73H2,1-2H3,(H,74,80)(H,75,79)(H,76,99)(H,81,93)(H,82,89)(H,83,92)(H,84,94)(H,85,97)(H,86,95)(H,87,96)(H,90,91)/t39-,53+,54+,55+,56+,57+,58+,70+/m1/s1. The molecule has 8 aromatic rings. The summed E-state index contributed by atoms with van der Waals surface area (Å²) in [7, 11) is 0. The molecule has 0 unspecified atom stereocenters. The van der Waals surface area contributed by atoms with E-state index < -0.39 is 131 Å². The quantitative estimate of drug-likeness (QED) is 0.0687. The van der Waals surface area contributed by atoms with Gasteiger partial charge in [0.05, 0.1) is 12.7 Å². The van der Waals surface area contributed by atoms with Crippen molar-refractivity contribution in [2.45, 2.75) is 144 Å². The van der Waals surface area contributed by atoms with Gasteiger partial charge in [-0.1, -0.05) is 24.3 Å². The molecule has 534 valence electrons. The SMILES string of the molecule is C[C@H]1NC(=O)[C@H](CCCCN)NC(=O)CCSCc2cccc(c2)CSCCNC(=O)[C@]2(C)CCCN2C(=O)[C@H](Cc2c[nH]c3ncccc23)NC(=O)[C@H](Cc2cnc[nH]2)NC(=O)[C@H](CC(=O)O)NC(=O)[C@H](Cc2c[nH]c3ccc(F)cc23)NC(=O)[C@H](Cc2c[nH]c3ccc(F)cc23)NC1=O. The van der Waals surface area contributed by atoms with Gasteiger partial charge in [0.2, 0.25) is 53.2 Å². The molecule has 0 saturated carbocycles. The van der Waals surface area contributed by atoms with E-state index in [0.29, 0.717) is 99.5 Å². The highest BCUT2D eigenvalue weighted by Gasteiger charge is 2.48. The minimum absolute atomic E-state index is 0.0545. The lowest BCUT2D eigenvalue weighted by molar-refractivity contribution is -0.146. The van der Waals surface area contributed by atoms with Crippen molar-refractivity contribution in [3.63, 3.8) is 0 Å². The van der Waals surface area contributed by atoms with Crippen LogP contribution in [0.2, 0.25) is 0 Å². The smallest absolute Gasteiger partial charge is 0.305 e. The number of carboxylic acid groups (broad SMARTS) is 1. The fourth-order valence-electron chi connectivity index (χ4n) is 12.6. The number of carboxylic acids is 1. The first-order chi connectivity index (χ1) is 48.6. The minimum Gasteiger partial charge on any atom is -0.481 e. The van der Waals surface area contributed by atoms with Crippen LogP contribution in [-0.2, 0) is 85.1 Å². The summed E-state index contributed by atoms with van der Waals surface area (Å²) < 4.78 is 29.9. The molecule has 3 aromatic carbocycles. The number of aromatic nitrogens is 6. The molecule has 0 radical (unpaired) electrons. The van der Waals surface area contributed by atoms with Gasteiger partial charge in [-0.3, -0.25) is 47.9 Å². The number of hydrogen-bond acceptors (Lipinski definition) is 15. The number of carbonyl (C=O) groups excluding carboxylic acids is 9. The van der Waals surface area contributed by atoms with Gasteiger partial charge in [0.1, 0.15) is 65.1 Å². The summed E-state index contributed by atoms with van der Waals surface area (Å²) in [5.41, 5.74) is 9.36. The number of nitrogens with one attached hydrogen (secondary N) is 12. The van der Waals surface area contributed by atoms with Gasteiger partial charge in [0.25, 0.3) is 0 Å². The third-order valence-electron chi connectivity index (χ3n) is 18.1. The van der Waals surface area contributed by atoms with Crippen LogP contribution >= 0.6 is 23.5 Å². The number of fused-ring (bicyclic) bond motifs is 6. The van der Waals surface area contributed by atoms with Crippen molar-refractivity contribution < 1.29 is 61.8 Å².